The average Bonchev–Trinajstić information content (AvgIpc) is 3.05. The first-order valence-electron chi connectivity index (χ1n) is 8.37. The van der Waals surface area contributed by atoms with Crippen LogP contribution in [0.1, 0.15) is 42.6 Å². The Hall–Kier alpha value is -2.82. The molecular formula is C20H22N2O3. The molecule has 0 bridgehead atoms. The quantitative estimate of drug-likeness (QED) is 0.725. The van der Waals surface area contributed by atoms with Crippen LogP contribution in [-0.2, 0) is 0 Å². The third-order valence-corrected chi connectivity index (χ3v) is 3.97. The number of nitrogens with zero attached hydrogens (tertiary/aromatic N) is 1. The Kier molecular flexibility index (Phi) is 5.03. The van der Waals surface area contributed by atoms with E-state index in [1.165, 1.54) is 0 Å². The number of methoxy groups -OCH3 is 1. The predicted octanol–water partition coefficient (Wildman–Crippen LogP) is 4.35. The van der Waals surface area contributed by atoms with Crippen LogP contribution in [-0.4, -0.2) is 18.0 Å². The summed E-state index contributed by atoms with van der Waals surface area (Å²) in [5, 5.41) is 3.04. The van der Waals surface area contributed by atoms with Crippen molar-refractivity contribution in [2.75, 3.05) is 7.11 Å². The van der Waals surface area contributed by atoms with Gasteiger partial charge in [0.2, 0.25) is 5.89 Å². The molecule has 130 valence electrons. The van der Waals surface area contributed by atoms with E-state index in [1.54, 1.807) is 31.4 Å². The van der Waals surface area contributed by atoms with Crippen molar-refractivity contribution in [1.82, 2.24) is 10.3 Å². The lowest BCUT2D eigenvalue weighted by Crippen LogP contribution is -2.29. The van der Waals surface area contributed by atoms with Crippen LogP contribution in [0.4, 0.5) is 0 Å². The van der Waals surface area contributed by atoms with E-state index in [-0.39, 0.29) is 11.9 Å². The number of oxazole rings is 1. The SMILES string of the molecule is COc1ccc(C(=O)N[C@@H](CC(C)C)c2nc3ccccc3o2)cc1. The summed E-state index contributed by atoms with van der Waals surface area (Å²) in [5.41, 5.74) is 2.10. The fourth-order valence-corrected chi connectivity index (χ4v) is 2.72. The second-order valence-electron chi connectivity index (χ2n) is 6.40. The van der Waals surface area contributed by atoms with Crippen molar-refractivity contribution in [3.63, 3.8) is 0 Å². The Morgan fingerprint density at radius 3 is 2.52 bits per heavy atom. The molecule has 0 saturated heterocycles. The Labute approximate surface area is 147 Å². The standard InChI is InChI=1S/C20H22N2O3/c1-13(2)12-17(20-22-16-6-4-5-7-18(16)25-20)21-19(23)14-8-10-15(24-3)11-9-14/h4-11,13,17H,12H2,1-3H3,(H,21,23)/t17-/m0/s1. The van der Waals surface area contributed by atoms with Crippen molar-refractivity contribution >= 4 is 17.0 Å². The van der Waals surface area contributed by atoms with Gasteiger partial charge in [-0.1, -0.05) is 26.0 Å². The maximum absolute atomic E-state index is 12.6. The first kappa shape index (κ1) is 17.0. The van der Waals surface area contributed by atoms with Gasteiger partial charge in [0.05, 0.1) is 7.11 Å². The van der Waals surface area contributed by atoms with Crippen LogP contribution in [0.25, 0.3) is 11.1 Å². The number of carbonyl (C=O) groups is 1. The van der Waals surface area contributed by atoms with Crippen molar-refractivity contribution in [2.24, 2.45) is 5.92 Å². The zero-order valence-electron chi connectivity index (χ0n) is 14.7. The van der Waals surface area contributed by atoms with Crippen LogP contribution in [0, 0.1) is 5.92 Å². The van der Waals surface area contributed by atoms with Crippen molar-refractivity contribution < 1.29 is 13.9 Å². The van der Waals surface area contributed by atoms with E-state index in [0.717, 1.165) is 17.5 Å². The van der Waals surface area contributed by atoms with E-state index < -0.39 is 0 Å². The Bertz CT molecular complexity index is 820. The molecule has 0 aliphatic rings. The molecule has 25 heavy (non-hydrogen) atoms. The molecule has 1 amide bonds. The van der Waals surface area contributed by atoms with E-state index in [1.807, 2.05) is 24.3 Å². The van der Waals surface area contributed by atoms with Crippen LogP contribution in [0.2, 0.25) is 0 Å². The number of hydrogen-bond donors (Lipinski definition) is 1. The summed E-state index contributed by atoms with van der Waals surface area (Å²) < 4.78 is 11.0. The Morgan fingerprint density at radius 2 is 1.88 bits per heavy atom. The number of carbonyl (C=O) groups excluding carboxylic acids is 1. The van der Waals surface area contributed by atoms with Crippen LogP contribution < -0.4 is 10.1 Å². The molecule has 1 N–H and O–H groups in total. The summed E-state index contributed by atoms with van der Waals surface area (Å²) in [6.07, 6.45) is 0.745. The normalized spacial score (nSPS) is 12.3. The van der Waals surface area contributed by atoms with E-state index >= 15 is 0 Å². The molecule has 1 atom stereocenters. The number of ether oxygens (including phenoxy) is 1. The highest BCUT2D eigenvalue weighted by Crippen LogP contribution is 2.25. The number of hydrogen-bond acceptors (Lipinski definition) is 4. The zero-order chi connectivity index (χ0) is 17.8. The molecule has 0 aliphatic heterocycles. The number of para-hydroxylation sites is 2. The highest BCUT2D eigenvalue weighted by atomic mass is 16.5. The van der Waals surface area contributed by atoms with Gasteiger partial charge in [0.25, 0.3) is 5.91 Å². The minimum Gasteiger partial charge on any atom is -0.497 e. The second kappa shape index (κ2) is 7.38. The molecule has 5 heteroatoms. The number of rotatable bonds is 6. The van der Waals surface area contributed by atoms with Gasteiger partial charge >= 0.3 is 0 Å². The fourth-order valence-electron chi connectivity index (χ4n) is 2.72. The lowest BCUT2D eigenvalue weighted by molar-refractivity contribution is 0.0925. The van der Waals surface area contributed by atoms with E-state index in [0.29, 0.717) is 23.1 Å². The molecule has 1 aromatic heterocycles. The number of amides is 1. The van der Waals surface area contributed by atoms with Gasteiger partial charge in [-0.25, -0.2) is 4.98 Å². The maximum atomic E-state index is 12.6. The summed E-state index contributed by atoms with van der Waals surface area (Å²) in [7, 11) is 1.60. The molecule has 0 unspecified atom stereocenters. The maximum Gasteiger partial charge on any atom is 0.251 e. The van der Waals surface area contributed by atoms with Crippen LogP contribution in [0.5, 0.6) is 5.75 Å². The fraction of sp³-hybridized carbons (Fsp3) is 0.300. The molecule has 0 radical (unpaired) electrons. The minimum atomic E-state index is -0.276. The molecule has 0 aliphatic carbocycles. The summed E-state index contributed by atoms with van der Waals surface area (Å²) in [6.45, 7) is 4.21. The van der Waals surface area contributed by atoms with Gasteiger partial charge in [-0.05, 0) is 48.7 Å². The van der Waals surface area contributed by atoms with Crippen molar-refractivity contribution in [1.29, 1.82) is 0 Å². The third-order valence-electron chi connectivity index (χ3n) is 3.97. The smallest absolute Gasteiger partial charge is 0.251 e. The van der Waals surface area contributed by atoms with Gasteiger partial charge in [-0.2, -0.15) is 0 Å². The molecule has 3 rings (SSSR count). The second-order valence-corrected chi connectivity index (χ2v) is 6.40. The molecule has 0 fully saturated rings. The molecule has 2 aromatic carbocycles. The van der Waals surface area contributed by atoms with Gasteiger partial charge < -0.3 is 14.5 Å². The largest absolute Gasteiger partial charge is 0.497 e. The zero-order valence-corrected chi connectivity index (χ0v) is 14.7. The van der Waals surface area contributed by atoms with E-state index in [4.69, 9.17) is 9.15 Å². The third kappa shape index (κ3) is 3.99. The van der Waals surface area contributed by atoms with Gasteiger partial charge in [0, 0.05) is 5.56 Å². The lowest BCUT2D eigenvalue weighted by atomic mass is 10.0. The molecule has 0 spiro atoms. The number of benzene rings is 2. The van der Waals surface area contributed by atoms with E-state index in [9.17, 15) is 4.79 Å². The van der Waals surface area contributed by atoms with Crippen LogP contribution in [0.3, 0.4) is 0 Å². The molecule has 5 nitrogen and oxygen atoms in total. The van der Waals surface area contributed by atoms with E-state index in [2.05, 4.69) is 24.1 Å². The average molecular weight is 338 g/mol. The molecular weight excluding hydrogens is 316 g/mol. The number of nitrogens with one attached hydrogen (secondary N) is 1. The van der Waals surface area contributed by atoms with Gasteiger partial charge in [0.1, 0.15) is 17.3 Å². The summed E-state index contributed by atoms with van der Waals surface area (Å²) in [6, 6.07) is 14.4. The highest BCUT2D eigenvalue weighted by molar-refractivity contribution is 5.94. The molecule has 0 saturated carbocycles. The highest BCUT2D eigenvalue weighted by Gasteiger charge is 2.22. The predicted molar refractivity (Wildman–Crippen MR) is 96.7 cm³/mol. The lowest BCUT2D eigenvalue weighted by Gasteiger charge is -2.17. The first-order valence-corrected chi connectivity index (χ1v) is 8.37. The topological polar surface area (TPSA) is 64.4 Å². The van der Waals surface area contributed by atoms with Crippen LogP contribution >= 0.6 is 0 Å². The number of aromatic nitrogens is 1. The summed E-state index contributed by atoms with van der Waals surface area (Å²) in [4.78, 5) is 17.1. The first-order chi connectivity index (χ1) is 12.1. The van der Waals surface area contributed by atoms with Crippen molar-refractivity contribution in [2.45, 2.75) is 26.3 Å². The molecule has 3 aromatic rings. The van der Waals surface area contributed by atoms with Crippen LogP contribution in [0.15, 0.2) is 52.9 Å². The van der Waals surface area contributed by atoms with Crippen molar-refractivity contribution in [3.8, 4) is 5.75 Å². The van der Waals surface area contributed by atoms with Crippen molar-refractivity contribution in [3.05, 3.63) is 60.0 Å². The Balaban J connectivity index is 1.83. The summed E-state index contributed by atoms with van der Waals surface area (Å²) in [5.74, 6) is 1.48. The minimum absolute atomic E-state index is 0.157. The molecule has 1 heterocycles. The monoisotopic (exact) mass is 338 g/mol. The summed E-state index contributed by atoms with van der Waals surface area (Å²) >= 11 is 0. The Morgan fingerprint density at radius 1 is 1.16 bits per heavy atom. The van der Waals surface area contributed by atoms with Gasteiger partial charge in [-0.15, -0.1) is 0 Å². The van der Waals surface area contributed by atoms with Gasteiger partial charge in [0.15, 0.2) is 5.58 Å². The number of fused-ring (bicyclic) bond motifs is 1. The van der Waals surface area contributed by atoms with Gasteiger partial charge in [-0.3, -0.25) is 4.79 Å².